The molecule has 0 bridgehead atoms. The van der Waals surface area contributed by atoms with E-state index >= 15 is 0 Å². The highest BCUT2D eigenvalue weighted by Gasteiger charge is 2.36. The number of hydrogen-bond donors (Lipinski definition) is 1. The number of hydrogen-bond acceptors (Lipinski definition) is 6. The van der Waals surface area contributed by atoms with Crippen molar-refractivity contribution in [2.24, 2.45) is 0 Å². The molecule has 51 heavy (non-hydrogen) atoms. The minimum Gasteiger partial charge on any atom is -0.493 e. The van der Waals surface area contributed by atoms with E-state index in [2.05, 4.69) is 5.32 Å². The second-order valence-corrected chi connectivity index (χ2v) is 15.0. The molecule has 270 valence electrons. The minimum atomic E-state index is -4.49. The molecule has 1 fully saturated rings. The van der Waals surface area contributed by atoms with Gasteiger partial charge in [0.1, 0.15) is 18.4 Å². The van der Waals surface area contributed by atoms with Gasteiger partial charge in [0.15, 0.2) is 11.5 Å². The van der Waals surface area contributed by atoms with Gasteiger partial charge in [-0.05, 0) is 66.9 Å². The third-order valence-electron chi connectivity index (χ3n) is 8.95. The van der Waals surface area contributed by atoms with Crippen molar-refractivity contribution in [2.45, 2.75) is 62.0 Å². The molecule has 5 rings (SSSR count). The van der Waals surface area contributed by atoms with E-state index in [-0.39, 0.29) is 51.3 Å². The molecule has 9 nitrogen and oxygen atoms in total. The summed E-state index contributed by atoms with van der Waals surface area (Å²) in [6, 6.07) is 21.9. The molecule has 0 aromatic heterocycles. The Balaban J connectivity index is 1.60. The molecule has 1 atom stereocenters. The fourth-order valence-electron chi connectivity index (χ4n) is 6.19. The van der Waals surface area contributed by atoms with E-state index in [1.54, 1.807) is 18.2 Å². The Morgan fingerprint density at radius 3 is 2.14 bits per heavy atom. The van der Waals surface area contributed by atoms with Crippen molar-refractivity contribution >= 4 is 50.7 Å². The van der Waals surface area contributed by atoms with E-state index in [1.807, 2.05) is 30.3 Å². The molecule has 0 radical (unpaired) electrons. The SMILES string of the molecule is COc1ccc(S(=O)(=O)N(CC(=O)N(Cc2c(Cl)cccc2Cl)[C@@H](Cc2ccccc2)C(=O)NC2CCCCC2)c2ccc(F)cc2)cc1OC. The van der Waals surface area contributed by atoms with Crippen molar-refractivity contribution in [1.29, 1.82) is 0 Å². The van der Waals surface area contributed by atoms with Gasteiger partial charge in [0.2, 0.25) is 11.8 Å². The average molecular weight is 757 g/mol. The quantitative estimate of drug-likeness (QED) is 0.144. The van der Waals surface area contributed by atoms with Crippen LogP contribution in [0.25, 0.3) is 0 Å². The third-order valence-corrected chi connectivity index (χ3v) is 11.4. The lowest BCUT2D eigenvalue weighted by Gasteiger charge is -2.35. The molecule has 0 spiro atoms. The average Bonchev–Trinajstić information content (AvgIpc) is 3.13. The predicted octanol–water partition coefficient (Wildman–Crippen LogP) is 7.43. The van der Waals surface area contributed by atoms with Crippen molar-refractivity contribution in [2.75, 3.05) is 25.1 Å². The summed E-state index contributed by atoms with van der Waals surface area (Å²) < 4.78 is 54.5. The highest BCUT2D eigenvalue weighted by atomic mass is 35.5. The van der Waals surface area contributed by atoms with E-state index in [0.717, 1.165) is 54.1 Å². The number of benzene rings is 4. The van der Waals surface area contributed by atoms with Crippen LogP contribution in [0.15, 0.2) is 95.9 Å². The molecule has 0 heterocycles. The van der Waals surface area contributed by atoms with Gasteiger partial charge in [-0.3, -0.25) is 13.9 Å². The van der Waals surface area contributed by atoms with Crippen molar-refractivity contribution in [1.82, 2.24) is 10.2 Å². The third kappa shape index (κ3) is 9.32. The number of carbonyl (C=O) groups excluding carboxylic acids is 2. The number of sulfonamides is 1. The molecule has 0 unspecified atom stereocenters. The fourth-order valence-corrected chi connectivity index (χ4v) is 8.14. The summed E-state index contributed by atoms with van der Waals surface area (Å²) in [4.78, 5) is 30.2. The largest absolute Gasteiger partial charge is 0.493 e. The number of amides is 2. The van der Waals surface area contributed by atoms with Crippen LogP contribution in [0, 0.1) is 5.82 Å². The maximum absolute atomic E-state index is 14.8. The molecule has 2 amide bonds. The van der Waals surface area contributed by atoms with Crippen LogP contribution in [0.1, 0.15) is 43.2 Å². The van der Waals surface area contributed by atoms with Crippen LogP contribution in [-0.4, -0.2) is 58.0 Å². The first-order valence-electron chi connectivity index (χ1n) is 16.6. The molecule has 0 saturated heterocycles. The maximum atomic E-state index is 14.8. The highest BCUT2D eigenvalue weighted by molar-refractivity contribution is 7.92. The van der Waals surface area contributed by atoms with Crippen molar-refractivity contribution in [3.05, 3.63) is 118 Å². The summed E-state index contributed by atoms with van der Waals surface area (Å²) in [7, 11) is -1.70. The fraction of sp³-hybridized carbons (Fsp3) is 0.316. The first-order valence-corrected chi connectivity index (χ1v) is 18.8. The number of nitrogens with zero attached hydrogens (tertiary/aromatic N) is 2. The number of carbonyl (C=O) groups is 2. The van der Waals surface area contributed by atoms with Gasteiger partial charge in [0, 0.05) is 40.7 Å². The van der Waals surface area contributed by atoms with Gasteiger partial charge in [-0.2, -0.15) is 0 Å². The number of halogens is 3. The summed E-state index contributed by atoms with van der Waals surface area (Å²) in [6.07, 6.45) is 4.81. The summed E-state index contributed by atoms with van der Waals surface area (Å²) in [5.41, 5.74) is 1.22. The first kappa shape index (κ1) is 37.9. The van der Waals surface area contributed by atoms with Crippen molar-refractivity contribution in [3.8, 4) is 11.5 Å². The first-order chi connectivity index (χ1) is 24.5. The van der Waals surface area contributed by atoms with E-state index < -0.39 is 34.3 Å². The molecule has 4 aromatic rings. The molecule has 13 heteroatoms. The zero-order valence-electron chi connectivity index (χ0n) is 28.4. The Bertz CT molecular complexity index is 1910. The molecular weight excluding hydrogens is 716 g/mol. The van der Waals surface area contributed by atoms with Crippen LogP contribution in [-0.2, 0) is 32.6 Å². The van der Waals surface area contributed by atoms with Gasteiger partial charge in [-0.1, -0.05) is 78.9 Å². The maximum Gasteiger partial charge on any atom is 0.264 e. The van der Waals surface area contributed by atoms with Crippen LogP contribution < -0.4 is 19.1 Å². The van der Waals surface area contributed by atoms with Crippen LogP contribution in [0.2, 0.25) is 10.0 Å². The summed E-state index contributed by atoms with van der Waals surface area (Å²) in [6.45, 7) is -0.938. The standard InChI is InChI=1S/C38H40Cl2FN3O6S/c1-49-35-21-20-30(23-36(35)50-2)51(47,48)44(29-18-16-27(41)17-19-29)25-37(45)43(24-31-32(39)14-9-15-33(31)40)34(22-26-10-5-3-6-11-26)38(46)42-28-12-7-4-8-13-28/h3,5-6,9-11,14-21,23,28,34H,4,7-8,12-13,22,24-25H2,1-2H3,(H,42,46)/t34-/m0/s1. The lowest BCUT2D eigenvalue weighted by atomic mass is 9.94. The predicted molar refractivity (Wildman–Crippen MR) is 196 cm³/mol. The number of nitrogens with one attached hydrogen (secondary N) is 1. The smallest absolute Gasteiger partial charge is 0.264 e. The summed E-state index contributed by atoms with van der Waals surface area (Å²) in [5, 5.41) is 3.72. The number of anilines is 1. The van der Waals surface area contributed by atoms with E-state index in [0.29, 0.717) is 11.3 Å². The van der Waals surface area contributed by atoms with E-state index in [4.69, 9.17) is 32.7 Å². The van der Waals surface area contributed by atoms with Gasteiger partial charge < -0.3 is 19.7 Å². The second kappa shape index (κ2) is 17.3. The Hall–Kier alpha value is -4.32. The zero-order chi connectivity index (χ0) is 36.5. The second-order valence-electron chi connectivity index (χ2n) is 12.3. The normalized spacial score (nSPS) is 14.0. The monoisotopic (exact) mass is 755 g/mol. The van der Waals surface area contributed by atoms with Crippen LogP contribution in [0.5, 0.6) is 11.5 Å². The lowest BCUT2D eigenvalue weighted by molar-refractivity contribution is -0.140. The van der Waals surface area contributed by atoms with Gasteiger partial charge in [-0.25, -0.2) is 12.8 Å². The molecule has 1 saturated carbocycles. The molecule has 4 aromatic carbocycles. The van der Waals surface area contributed by atoms with Gasteiger partial charge in [-0.15, -0.1) is 0 Å². The van der Waals surface area contributed by atoms with E-state index in [1.165, 1.54) is 49.5 Å². The Morgan fingerprint density at radius 2 is 1.51 bits per heavy atom. The Labute approximate surface area is 308 Å². The number of rotatable bonds is 14. The molecule has 0 aliphatic heterocycles. The van der Waals surface area contributed by atoms with Crippen LogP contribution >= 0.6 is 23.2 Å². The number of methoxy groups -OCH3 is 2. The lowest BCUT2D eigenvalue weighted by Crippen LogP contribution is -2.55. The molecule has 1 aliphatic carbocycles. The molecular formula is C38H40Cl2FN3O6S. The highest BCUT2D eigenvalue weighted by Crippen LogP contribution is 2.33. The summed E-state index contributed by atoms with van der Waals surface area (Å²) >= 11 is 13.2. The minimum absolute atomic E-state index is 0.0292. The van der Waals surface area contributed by atoms with Crippen molar-refractivity contribution < 1.29 is 31.9 Å². The number of ether oxygens (including phenoxy) is 2. The van der Waals surface area contributed by atoms with Crippen molar-refractivity contribution in [3.63, 3.8) is 0 Å². The molecule has 1 aliphatic rings. The topological polar surface area (TPSA) is 105 Å². The Kier molecular flexibility index (Phi) is 12.8. The summed E-state index contributed by atoms with van der Waals surface area (Å²) in [5.74, 6) is -1.22. The molecule has 1 N–H and O–H groups in total. The zero-order valence-corrected chi connectivity index (χ0v) is 30.7. The van der Waals surface area contributed by atoms with Crippen LogP contribution in [0.3, 0.4) is 0 Å². The van der Waals surface area contributed by atoms with Gasteiger partial charge in [0.25, 0.3) is 10.0 Å². The van der Waals surface area contributed by atoms with Gasteiger partial charge >= 0.3 is 0 Å². The van der Waals surface area contributed by atoms with Gasteiger partial charge in [0.05, 0.1) is 24.8 Å². The van der Waals surface area contributed by atoms with E-state index in [9.17, 15) is 22.4 Å². The Morgan fingerprint density at radius 1 is 0.863 bits per heavy atom. The van der Waals surface area contributed by atoms with Crippen LogP contribution in [0.4, 0.5) is 10.1 Å².